The molecule has 1 fully saturated rings. The van der Waals surface area contributed by atoms with Gasteiger partial charge in [-0.15, -0.1) is 0 Å². The number of methoxy groups -OCH3 is 1. The molecule has 2 aromatic carbocycles. The molecule has 1 heterocycles. The summed E-state index contributed by atoms with van der Waals surface area (Å²) < 4.78 is 25.1. The summed E-state index contributed by atoms with van der Waals surface area (Å²) >= 11 is 0. The van der Waals surface area contributed by atoms with E-state index in [1.54, 1.807) is 37.5 Å². The van der Waals surface area contributed by atoms with E-state index >= 15 is 0 Å². The number of amides is 2. The van der Waals surface area contributed by atoms with E-state index in [-0.39, 0.29) is 11.6 Å². The lowest BCUT2D eigenvalue weighted by atomic mass is 10.2. The predicted octanol–water partition coefficient (Wildman–Crippen LogP) is 4.01. The van der Waals surface area contributed by atoms with Gasteiger partial charge in [-0.25, -0.2) is 4.39 Å². The quantitative estimate of drug-likeness (QED) is 0.716. The standard InChI is InChI=1S/C22H23FN2O4/c1-3-29-19-10-6-15(13-20(19)28-2)7-11-21(26)24-16-8-9-18(17(23)14-16)25-12-4-5-22(25)27/h6-11,13-14H,3-5,12H2,1-2H3,(H,24,26)/b11-7+. The smallest absolute Gasteiger partial charge is 0.248 e. The van der Waals surface area contributed by atoms with Crippen molar-refractivity contribution >= 4 is 29.3 Å². The van der Waals surface area contributed by atoms with Crippen LogP contribution in [0.2, 0.25) is 0 Å². The highest BCUT2D eigenvalue weighted by molar-refractivity contribution is 6.02. The summed E-state index contributed by atoms with van der Waals surface area (Å²) in [5, 5.41) is 2.62. The lowest BCUT2D eigenvalue weighted by molar-refractivity contribution is -0.117. The van der Waals surface area contributed by atoms with Gasteiger partial charge in [0.2, 0.25) is 11.8 Å². The zero-order valence-corrected chi connectivity index (χ0v) is 16.4. The molecule has 1 aliphatic heterocycles. The van der Waals surface area contributed by atoms with Gasteiger partial charge in [0.1, 0.15) is 5.82 Å². The van der Waals surface area contributed by atoms with Gasteiger partial charge in [-0.1, -0.05) is 6.07 Å². The van der Waals surface area contributed by atoms with E-state index in [4.69, 9.17) is 9.47 Å². The first-order valence-electron chi connectivity index (χ1n) is 9.41. The number of benzene rings is 2. The van der Waals surface area contributed by atoms with E-state index in [0.29, 0.717) is 36.8 Å². The number of ether oxygens (including phenoxy) is 2. The van der Waals surface area contributed by atoms with Crippen molar-refractivity contribution < 1.29 is 23.5 Å². The third-order valence-electron chi connectivity index (χ3n) is 4.49. The number of rotatable bonds is 7. The third-order valence-corrected chi connectivity index (χ3v) is 4.49. The summed E-state index contributed by atoms with van der Waals surface area (Å²) in [7, 11) is 1.55. The summed E-state index contributed by atoms with van der Waals surface area (Å²) in [5.74, 6) is 0.169. The maximum absolute atomic E-state index is 14.4. The van der Waals surface area contributed by atoms with Crippen LogP contribution in [0.1, 0.15) is 25.3 Å². The normalized spacial score (nSPS) is 13.8. The minimum atomic E-state index is -0.543. The average molecular weight is 398 g/mol. The minimum Gasteiger partial charge on any atom is -0.493 e. The lowest BCUT2D eigenvalue weighted by Crippen LogP contribution is -2.24. The molecule has 0 spiro atoms. The predicted molar refractivity (Wildman–Crippen MR) is 110 cm³/mol. The average Bonchev–Trinajstić information content (AvgIpc) is 3.13. The van der Waals surface area contributed by atoms with Crippen molar-refractivity contribution in [2.75, 3.05) is 30.5 Å². The topological polar surface area (TPSA) is 67.9 Å². The van der Waals surface area contributed by atoms with Crippen LogP contribution in [0.5, 0.6) is 11.5 Å². The third kappa shape index (κ3) is 4.93. The zero-order chi connectivity index (χ0) is 20.8. The Bertz CT molecular complexity index is 942. The number of nitrogens with one attached hydrogen (secondary N) is 1. The van der Waals surface area contributed by atoms with Crippen LogP contribution in [0.25, 0.3) is 6.08 Å². The van der Waals surface area contributed by atoms with Gasteiger partial charge in [-0.3, -0.25) is 9.59 Å². The van der Waals surface area contributed by atoms with Crippen molar-refractivity contribution in [3.05, 3.63) is 53.9 Å². The molecule has 0 radical (unpaired) electrons. The number of anilines is 2. The second-order valence-corrected chi connectivity index (χ2v) is 6.48. The Hall–Kier alpha value is -3.35. The number of halogens is 1. The number of carbonyl (C=O) groups excluding carboxylic acids is 2. The Balaban J connectivity index is 1.66. The molecular formula is C22H23FN2O4. The fourth-order valence-electron chi connectivity index (χ4n) is 3.12. The molecule has 2 amide bonds. The summed E-state index contributed by atoms with van der Waals surface area (Å²) in [4.78, 5) is 25.4. The van der Waals surface area contributed by atoms with E-state index in [0.717, 1.165) is 12.0 Å². The van der Waals surface area contributed by atoms with Gasteiger partial charge in [0.05, 0.1) is 19.4 Å². The molecule has 7 heteroatoms. The van der Waals surface area contributed by atoms with Crippen molar-refractivity contribution in [3.8, 4) is 11.5 Å². The fourth-order valence-corrected chi connectivity index (χ4v) is 3.12. The van der Waals surface area contributed by atoms with Gasteiger partial charge < -0.3 is 19.7 Å². The number of carbonyl (C=O) groups is 2. The first kappa shape index (κ1) is 20.4. The van der Waals surface area contributed by atoms with E-state index < -0.39 is 11.7 Å². The van der Waals surface area contributed by atoms with Crippen LogP contribution in [-0.2, 0) is 9.59 Å². The molecular weight excluding hydrogens is 375 g/mol. The van der Waals surface area contributed by atoms with Gasteiger partial charge in [-0.2, -0.15) is 0 Å². The fraction of sp³-hybridized carbons (Fsp3) is 0.273. The van der Waals surface area contributed by atoms with E-state index in [2.05, 4.69) is 5.32 Å². The second-order valence-electron chi connectivity index (χ2n) is 6.48. The number of nitrogens with zero attached hydrogens (tertiary/aromatic N) is 1. The highest BCUT2D eigenvalue weighted by Gasteiger charge is 2.24. The van der Waals surface area contributed by atoms with E-state index in [1.807, 2.05) is 6.92 Å². The van der Waals surface area contributed by atoms with Crippen molar-refractivity contribution in [2.24, 2.45) is 0 Å². The van der Waals surface area contributed by atoms with Gasteiger partial charge in [0.25, 0.3) is 0 Å². The first-order chi connectivity index (χ1) is 14.0. The van der Waals surface area contributed by atoms with Crippen LogP contribution in [0.3, 0.4) is 0 Å². The molecule has 0 saturated carbocycles. The molecule has 0 bridgehead atoms. The monoisotopic (exact) mass is 398 g/mol. The highest BCUT2D eigenvalue weighted by Crippen LogP contribution is 2.29. The Morgan fingerprint density at radius 3 is 2.72 bits per heavy atom. The van der Waals surface area contributed by atoms with Crippen molar-refractivity contribution in [1.82, 2.24) is 0 Å². The van der Waals surface area contributed by atoms with Crippen LogP contribution in [0.4, 0.5) is 15.8 Å². The minimum absolute atomic E-state index is 0.0885. The van der Waals surface area contributed by atoms with Crippen LogP contribution < -0.4 is 19.7 Å². The molecule has 29 heavy (non-hydrogen) atoms. The SMILES string of the molecule is CCOc1ccc(/C=C/C(=O)Nc2ccc(N3CCCC3=O)c(F)c2)cc1OC. The van der Waals surface area contributed by atoms with Crippen LogP contribution in [0, 0.1) is 5.82 Å². The van der Waals surface area contributed by atoms with E-state index in [9.17, 15) is 14.0 Å². The Morgan fingerprint density at radius 1 is 1.24 bits per heavy atom. The molecule has 0 atom stereocenters. The molecule has 2 aromatic rings. The van der Waals surface area contributed by atoms with Gasteiger partial charge in [-0.05, 0) is 55.3 Å². The van der Waals surface area contributed by atoms with Crippen LogP contribution >= 0.6 is 0 Å². The van der Waals surface area contributed by atoms with Gasteiger partial charge in [0.15, 0.2) is 11.5 Å². The summed E-state index contributed by atoms with van der Waals surface area (Å²) in [5.41, 5.74) is 1.31. The lowest BCUT2D eigenvalue weighted by Gasteiger charge is -2.17. The Labute approximate surface area is 168 Å². The molecule has 1 aliphatic rings. The molecule has 0 aromatic heterocycles. The Kier molecular flexibility index (Phi) is 6.49. The second kappa shape index (κ2) is 9.23. The van der Waals surface area contributed by atoms with Crippen molar-refractivity contribution in [1.29, 1.82) is 0 Å². The molecule has 1 N–H and O–H groups in total. The highest BCUT2D eigenvalue weighted by atomic mass is 19.1. The molecule has 0 unspecified atom stereocenters. The number of hydrogen-bond donors (Lipinski definition) is 1. The molecule has 6 nitrogen and oxygen atoms in total. The molecule has 152 valence electrons. The van der Waals surface area contributed by atoms with E-state index in [1.165, 1.54) is 23.1 Å². The largest absolute Gasteiger partial charge is 0.493 e. The summed E-state index contributed by atoms with van der Waals surface area (Å²) in [6.45, 7) is 2.92. The van der Waals surface area contributed by atoms with Crippen molar-refractivity contribution in [2.45, 2.75) is 19.8 Å². The maximum Gasteiger partial charge on any atom is 0.248 e. The number of hydrogen-bond acceptors (Lipinski definition) is 4. The molecule has 1 saturated heterocycles. The zero-order valence-electron chi connectivity index (χ0n) is 16.4. The van der Waals surface area contributed by atoms with Gasteiger partial charge in [0, 0.05) is 24.7 Å². The van der Waals surface area contributed by atoms with Gasteiger partial charge >= 0.3 is 0 Å². The Morgan fingerprint density at radius 2 is 2.07 bits per heavy atom. The first-order valence-corrected chi connectivity index (χ1v) is 9.41. The van der Waals surface area contributed by atoms with Crippen LogP contribution in [-0.4, -0.2) is 32.1 Å². The molecule has 0 aliphatic carbocycles. The molecule has 3 rings (SSSR count). The summed E-state index contributed by atoms with van der Waals surface area (Å²) in [6.07, 6.45) is 4.13. The van der Waals surface area contributed by atoms with Crippen molar-refractivity contribution in [3.63, 3.8) is 0 Å². The summed E-state index contributed by atoms with van der Waals surface area (Å²) in [6, 6.07) is 9.64. The maximum atomic E-state index is 14.4. The van der Waals surface area contributed by atoms with Crippen LogP contribution in [0.15, 0.2) is 42.5 Å².